The van der Waals surface area contributed by atoms with E-state index in [-0.39, 0.29) is 5.82 Å². The topological polar surface area (TPSA) is 45.6 Å². The van der Waals surface area contributed by atoms with Crippen LogP contribution in [0.2, 0.25) is 0 Å². The molecule has 1 aromatic heterocycles. The number of fused-ring (bicyclic) bond motifs is 1. The first kappa shape index (κ1) is 11.0. The second-order valence-corrected chi connectivity index (χ2v) is 3.56. The molecular weight excluding hydrogens is 211 g/mol. The molecule has 1 atom stereocenters. The van der Waals surface area contributed by atoms with Crippen LogP contribution in [-0.2, 0) is 4.74 Å². The number of rotatable bonds is 3. The molecule has 2 heterocycles. The quantitative estimate of drug-likeness (QED) is 0.778. The van der Waals surface area contributed by atoms with E-state index in [4.69, 9.17) is 4.74 Å². The largest absolute Gasteiger partial charge is 0.366 e. The Labute approximate surface area is 93.0 Å². The predicted molar refractivity (Wildman–Crippen MR) is 58.5 cm³/mol. The van der Waals surface area contributed by atoms with Crippen LogP contribution < -0.4 is 4.90 Å². The first-order valence-corrected chi connectivity index (χ1v) is 4.98. The molecule has 16 heavy (non-hydrogen) atoms. The van der Waals surface area contributed by atoms with Gasteiger partial charge in [0.05, 0.1) is 24.1 Å². The number of pyridine rings is 1. The van der Waals surface area contributed by atoms with Gasteiger partial charge >= 0.3 is 0 Å². The van der Waals surface area contributed by atoms with Gasteiger partial charge in [0.15, 0.2) is 6.29 Å². The fraction of sp³-hybridized carbons (Fsp3) is 0.364. The Bertz CT molecular complexity index is 409. The minimum atomic E-state index is -0.886. The fourth-order valence-electron chi connectivity index (χ4n) is 1.65. The van der Waals surface area contributed by atoms with Crippen molar-refractivity contribution in [3.8, 4) is 0 Å². The average Bonchev–Trinajstić information content (AvgIpc) is 2.29. The number of ether oxygens (including phenoxy) is 1. The summed E-state index contributed by atoms with van der Waals surface area (Å²) in [4.78, 5) is 5.80. The summed E-state index contributed by atoms with van der Waals surface area (Å²) in [6.45, 7) is 0.900. The monoisotopic (exact) mass is 224 g/mol. The second-order valence-electron chi connectivity index (χ2n) is 3.56. The van der Waals surface area contributed by atoms with Crippen LogP contribution in [0.5, 0.6) is 0 Å². The molecule has 1 N–H and O–H groups in total. The maximum Gasteiger partial charge on any atom is 0.171 e. The average molecular weight is 224 g/mol. The van der Waals surface area contributed by atoms with E-state index in [1.165, 1.54) is 19.4 Å². The smallest absolute Gasteiger partial charge is 0.171 e. The van der Waals surface area contributed by atoms with Crippen LogP contribution >= 0.6 is 0 Å². The van der Waals surface area contributed by atoms with Gasteiger partial charge in [-0.3, -0.25) is 4.98 Å². The summed E-state index contributed by atoms with van der Waals surface area (Å²) in [5.41, 5.74) is 1.38. The molecule has 1 aromatic rings. The van der Waals surface area contributed by atoms with Crippen LogP contribution in [0.3, 0.4) is 0 Å². The lowest BCUT2D eigenvalue weighted by molar-refractivity contribution is -0.0662. The van der Waals surface area contributed by atoms with Gasteiger partial charge in [-0.2, -0.15) is 0 Å². The van der Waals surface area contributed by atoms with Gasteiger partial charge in [0, 0.05) is 19.7 Å². The number of methoxy groups -OCH3 is 1. The van der Waals surface area contributed by atoms with Crippen LogP contribution in [0.4, 0.5) is 10.1 Å². The van der Waals surface area contributed by atoms with E-state index < -0.39 is 6.29 Å². The van der Waals surface area contributed by atoms with E-state index in [0.717, 1.165) is 0 Å². The Morgan fingerprint density at radius 3 is 3.25 bits per heavy atom. The van der Waals surface area contributed by atoms with E-state index in [0.29, 0.717) is 24.5 Å². The summed E-state index contributed by atoms with van der Waals surface area (Å²) >= 11 is 0. The Kier molecular flexibility index (Phi) is 3.17. The Morgan fingerprint density at radius 2 is 2.50 bits per heavy atom. The summed E-state index contributed by atoms with van der Waals surface area (Å²) in [7, 11) is 1.43. The molecule has 0 aromatic carbocycles. The fourth-order valence-corrected chi connectivity index (χ4v) is 1.65. The highest BCUT2D eigenvalue weighted by atomic mass is 19.1. The normalized spacial score (nSPS) is 16.1. The minimum Gasteiger partial charge on any atom is -0.366 e. The lowest BCUT2D eigenvalue weighted by Crippen LogP contribution is -2.35. The second kappa shape index (κ2) is 4.59. The van der Waals surface area contributed by atoms with Crippen LogP contribution in [0.1, 0.15) is 5.69 Å². The number of hydrogen-bond acceptors (Lipinski definition) is 4. The van der Waals surface area contributed by atoms with Gasteiger partial charge in [0.2, 0.25) is 0 Å². The molecule has 2 rings (SSSR count). The number of hydrogen-bond donors (Lipinski definition) is 1. The molecular formula is C11H13FN2O2. The lowest BCUT2D eigenvalue weighted by Gasteiger charge is -2.28. The standard InChI is InChI=1S/C11H13FN2O2/c1-16-11(15)7-14-4-2-3-9-10(14)5-8(12)6-13-9/h2-3,5-6,11,15H,4,7H2,1H3. The third-order valence-corrected chi connectivity index (χ3v) is 2.45. The van der Waals surface area contributed by atoms with Gasteiger partial charge in [-0.05, 0) is 6.08 Å². The predicted octanol–water partition coefficient (Wildman–Crippen LogP) is 1.02. The summed E-state index contributed by atoms with van der Waals surface area (Å²) in [6.07, 6.45) is 4.04. The van der Waals surface area contributed by atoms with E-state index >= 15 is 0 Å². The van der Waals surface area contributed by atoms with Crippen LogP contribution in [0.15, 0.2) is 18.3 Å². The first-order valence-electron chi connectivity index (χ1n) is 4.98. The number of halogens is 1. The zero-order valence-corrected chi connectivity index (χ0v) is 8.93. The summed E-state index contributed by atoms with van der Waals surface area (Å²) < 4.78 is 17.9. The van der Waals surface area contributed by atoms with Crippen molar-refractivity contribution in [2.24, 2.45) is 0 Å². The van der Waals surface area contributed by atoms with Gasteiger partial charge < -0.3 is 14.7 Å². The summed E-state index contributed by atoms with van der Waals surface area (Å²) in [5, 5.41) is 9.40. The van der Waals surface area contributed by atoms with E-state index in [9.17, 15) is 9.50 Å². The molecule has 0 aliphatic carbocycles. The molecule has 0 saturated heterocycles. The molecule has 0 spiro atoms. The number of aliphatic hydroxyl groups excluding tert-OH is 1. The van der Waals surface area contributed by atoms with Crippen LogP contribution in [0, 0.1) is 5.82 Å². The van der Waals surface area contributed by atoms with Gasteiger partial charge in [0.25, 0.3) is 0 Å². The first-order chi connectivity index (χ1) is 7.70. The number of β-amino-alcohol motifs (C(OH)–C–C–N with tert-alkyl or cyclic N) is 1. The molecule has 4 nitrogen and oxygen atoms in total. The third-order valence-electron chi connectivity index (χ3n) is 2.45. The number of nitrogens with zero attached hydrogens (tertiary/aromatic N) is 2. The van der Waals surface area contributed by atoms with Crippen molar-refractivity contribution in [1.82, 2.24) is 4.98 Å². The van der Waals surface area contributed by atoms with Crippen molar-refractivity contribution >= 4 is 11.8 Å². The van der Waals surface area contributed by atoms with Crippen molar-refractivity contribution in [2.45, 2.75) is 6.29 Å². The highest BCUT2D eigenvalue weighted by Gasteiger charge is 2.17. The number of anilines is 1. The van der Waals surface area contributed by atoms with Crippen molar-refractivity contribution in [1.29, 1.82) is 0 Å². The summed E-state index contributed by atoms with van der Waals surface area (Å²) in [6, 6.07) is 1.41. The molecule has 0 amide bonds. The maximum absolute atomic E-state index is 13.1. The lowest BCUT2D eigenvalue weighted by atomic mass is 10.2. The molecule has 0 bridgehead atoms. The van der Waals surface area contributed by atoms with Crippen molar-refractivity contribution in [2.75, 3.05) is 25.1 Å². The van der Waals surface area contributed by atoms with Gasteiger partial charge in [-0.1, -0.05) is 6.08 Å². The Balaban J connectivity index is 2.25. The van der Waals surface area contributed by atoms with Gasteiger partial charge in [-0.15, -0.1) is 0 Å². The summed E-state index contributed by atoms with van der Waals surface area (Å²) in [5.74, 6) is -0.383. The Morgan fingerprint density at radius 1 is 1.69 bits per heavy atom. The molecule has 5 heteroatoms. The SMILES string of the molecule is COC(O)CN1CC=Cc2ncc(F)cc21. The molecule has 1 unspecified atom stereocenters. The molecule has 0 fully saturated rings. The molecule has 1 aliphatic rings. The molecule has 0 saturated carbocycles. The van der Waals surface area contributed by atoms with Crippen LogP contribution in [0.25, 0.3) is 6.08 Å². The maximum atomic E-state index is 13.1. The number of aliphatic hydroxyl groups is 1. The Hall–Kier alpha value is -1.46. The van der Waals surface area contributed by atoms with Crippen molar-refractivity contribution in [3.63, 3.8) is 0 Å². The molecule has 0 radical (unpaired) electrons. The van der Waals surface area contributed by atoms with Gasteiger partial charge in [-0.25, -0.2) is 4.39 Å². The van der Waals surface area contributed by atoms with Crippen LogP contribution in [-0.4, -0.2) is 36.6 Å². The van der Waals surface area contributed by atoms with E-state index in [1.54, 1.807) is 0 Å². The zero-order valence-electron chi connectivity index (χ0n) is 8.93. The zero-order chi connectivity index (χ0) is 11.5. The number of aromatic nitrogens is 1. The minimum absolute atomic E-state index is 0.291. The molecule has 86 valence electrons. The van der Waals surface area contributed by atoms with Crippen molar-refractivity contribution in [3.05, 3.63) is 29.9 Å². The van der Waals surface area contributed by atoms with E-state index in [1.807, 2.05) is 17.1 Å². The van der Waals surface area contributed by atoms with Crippen molar-refractivity contribution < 1.29 is 14.2 Å². The highest BCUT2D eigenvalue weighted by Crippen LogP contribution is 2.24. The highest BCUT2D eigenvalue weighted by molar-refractivity contribution is 5.68. The van der Waals surface area contributed by atoms with E-state index in [2.05, 4.69) is 4.98 Å². The van der Waals surface area contributed by atoms with Gasteiger partial charge in [0.1, 0.15) is 5.82 Å². The third kappa shape index (κ3) is 2.20. The molecule has 1 aliphatic heterocycles.